The number of imidazole rings is 1. The molecule has 4 heterocycles. The largest absolute Gasteiger partial charge is 0.291 e. The quantitative estimate of drug-likeness (QED) is 0.353. The van der Waals surface area contributed by atoms with Crippen molar-refractivity contribution in [2.24, 2.45) is 0 Å². The number of benzene rings is 1. The molecule has 0 saturated carbocycles. The Morgan fingerprint density at radius 3 is 2.31 bits per heavy atom. The van der Waals surface area contributed by atoms with Crippen LogP contribution in [0.25, 0.3) is 26.3 Å². The highest BCUT2D eigenvalue weighted by Crippen LogP contribution is 2.49. The molecule has 4 aromatic rings. The smallest absolute Gasteiger partial charge is 0.213 e. The second-order valence-electron chi connectivity index (χ2n) is 8.25. The third-order valence-electron chi connectivity index (χ3n) is 6.65. The van der Waals surface area contributed by atoms with Crippen molar-refractivity contribution in [3.63, 3.8) is 0 Å². The minimum atomic E-state index is -0.0529. The zero-order valence-electron chi connectivity index (χ0n) is 16.6. The first-order valence-electron chi connectivity index (χ1n) is 9.33. The highest BCUT2D eigenvalue weighted by molar-refractivity contribution is 7.22. The molecule has 0 aliphatic carbocycles. The van der Waals surface area contributed by atoms with E-state index in [2.05, 4.69) is 81.7 Å². The lowest BCUT2D eigenvalue weighted by Crippen LogP contribution is -2.50. The van der Waals surface area contributed by atoms with Crippen molar-refractivity contribution in [2.45, 2.75) is 54.0 Å². The highest BCUT2D eigenvalue weighted by atomic mass is 32.1. The molecule has 1 aliphatic heterocycles. The zero-order chi connectivity index (χ0) is 18.5. The minimum absolute atomic E-state index is 0.0529. The summed E-state index contributed by atoms with van der Waals surface area (Å²) in [6, 6.07) is 8.87. The van der Waals surface area contributed by atoms with E-state index in [1.807, 2.05) is 11.3 Å². The number of hydrogen-bond acceptors (Lipinski definition) is 1. The lowest BCUT2D eigenvalue weighted by molar-refractivity contribution is -0.707. The van der Waals surface area contributed by atoms with Crippen molar-refractivity contribution >= 4 is 27.1 Å². The van der Waals surface area contributed by atoms with Crippen molar-refractivity contribution in [1.29, 1.82) is 0 Å². The summed E-state index contributed by atoms with van der Waals surface area (Å²) in [7, 11) is 0. The van der Waals surface area contributed by atoms with Crippen LogP contribution in [0.2, 0.25) is 0 Å². The zero-order valence-corrected chi connectivity index (χ0v) is 17.4. The number of aryl methyl sites for hydroxylation is 3. The molecule has 0 N–H and O–H groups in total. The monoisotopic (exact) mass is 361 g/mol. The molecule has 1 aromatic carbocycles. The van der Waals surface area contributed by atoms with E-state index in [1.165, 1.54) is 59.9 Å². The van der Waals surface area contributed by atoms with Gasteiger partial charge in [0.15, 0.2) is 11.4 Å². The Bertz CT molecular complexity index is 1250. The second-order valence-corrected chi connectivity index (χ2v) is 9.30. The first-order chi connectivity index (χ1) is 12.3. The van der Waals surface area contributed by atoms with E-state index in [0.717, 1.165) is 0 Å². The van der Waals surface area contributed by atoms with E-state index in [9.17, 15) is 0 Å². The number of hydrogen-bond donors (Lipinski definition) is 0. The van der Waals surface area contributed by atoms with Gasteiger partial charge in [-0.3, -0.25) is 0 Å². The van der Waals surface area contributed by atoms with Gasteiger partial charge in [0.25, 0.3) is 5.65 Å². The lowest BCUT2D eigenvalue weighted by Gasteiger charge is -2.20. The van der Waals surface area contributed by atoms with Gasteiger partial charge in [-0.25, -0.2) is 4.57 Å². The van der Waals surface area contributed by atoms with Crippen molar-refractivity contribution in [2.75, 3.05) is 0 Å². The first kappa shape index (κ1) is 16.1. The molecule has 0 atom stereocenters. The van der Waals surface area contributed by atoms with Gasteiger partial charge in [-0.1, -0.05) is 18.2 Å². The summed E-state index contributed by atoms with van der Waals surface area (Å²) in [4.78, 5) is 1.45. The molecule has 0 fully saturated rings. The molecule has 2 nitrogen and oxygen atoms in total. The third-order valence-corrected chi connectivity index (χ3v) is 7.82. The summed E-state index contributed by atoms with van der Waals surface area (Å²) >= 11 is 1.95. The Morgan fingerprint density at radius 2 is 1.58 bits per heavy atom. The molecular formula is C23H25N2S+. The minimum Gasteiger partial charge on any atom is -0.213 e. The van der Waals surface area contributed by atoms with Gasteiger partial charge in [-0.15, -0.1) is 11.3 Å². The molecule has 3 heteroatoms. The maximum Gasteiger partial charge on any atom is 0.291 e. The molecule has 0 unspecified atom stereocenters. The molecule has 1 aliphatic rings. The maximum atomic E-state index is 2.60. The van der Waals surface area contributed by atoms with Gasteiger partial charge in [0, 0.05) is 28.1 Å². The van der Waals surface area contributed by atoms with Crippen molar-refractivity contribution in [3.05, 3.63) is 57.9 Å². The molecule has 132 valence electrons. The molecule has 0 saturated heterocycles. The van der Waals surface area contributed by atoms with Crippen LogP contribution in [0.4, 0.5) is 0 Å². The summed E-state index contributed by atoms with van der Waals surface area (Å²) < 4.78 is 6.49. The fourth-order valence-electron chi connectivity index (χ4n) is 5.01. The summed E-state index contributed by atoms with van der Waals surface area (Å²) in [5.41, 5.74) is 11.1. The summed E-state index contributed by atoms with van der Waals surface area (Å²) in [5.74, 6) is 0. The fourth-order valence-corrected chi connectivity index (χ4v) is 6.45. The third kappa shape index (κ3) is 1.61. The predicted octanol–water partition coefficient (Wildman–Crippen LogP) is 5.75. The van der Waals surface area contributed by atoms with Crippen LogP contribution in [0.3, 0.4) is 0 Å². The molecule has 0 amide bonds. The fraction of sp³-hybridized carbons (Fsp3) is 0.348. The first-order valence-corrected chi connectivity index (χ1v) is 10.1. The summed E-state index contributed by atoms with van der Waals surface area (Å²) in [6.45, 7) is 16.1. The maximum absolute atomic E-state index is 2.60. The van der Waals surface area contributed by atoms with Gasteiger partial charge >= 0.3 is 0 Å². The molecule has 0 bridgehead atoms. The number of pyridine rings is 1. The van der Waals surface area contributed by atoms with Gasteiger partial charge in [0.1, 0.15) is 11.2 Å². The van der Waals surface area contributed by atoms with Gasteiger partial charge in [0.05, 0.1) is 4.88 Å². The molecule has 0 radical (unpaired) electrons. The summed E-state index contributed by atoms with van der Waals surface area (Å²) in [6.07, 6.45) is 0. The Hall–Kier alpha value is -2.13. The molecule has 26 heavy (non-hydrogen) atoms. The van der Waals surface area contributed by atoms with E-state index in [0.29, 0.717) is 0 Å². The van der Waals surface area contributed by atoms with Crippen LogP contribution in [-0.2, 0) is 5.54 Å². The number of thiophene rings is 1. The SMILES string of the molecule is Cc1c(C)c(C)n2c(C)c3[n+](c2c1C)C(C)(C)c1c-3sc2ccccc12. The molecule has 0 spiro atoms. The standard InChI is InChI=1S/C23H25N2S/c1-12-13(2)15(4)24-16(5)20-21-19(17-10-8-9-11-18(17)26-21)23(6,7)25(20)22(24)14(12)3/h8-11H,1-7H3/q+1. The van der Waals surface area contributed by atoms with Crippen molar-refractivity contribution in [1.82, 2.24) is 4.40 Å². The molecule has 5 rings (SSSR count). The second kappa shape index (κ2) is 4.77. The number of aromatic nitrogens is 2. The van der Waals surface area contributed by atoms with Gasteiger partial charge in [-0.2, -0.15) is 4.40 Å². The normalized spacial score (nSPS) is 15.0. The summed E-state index contributed by atoms with van der Waals surface area (Å²) in [5, 5.41) is 1.41. The van der Waals surface area contributed by atoms with Gasteiger partial charge in [0.2, 0.25) is 0 Å². The van der Waals surface area contributed by atoms with Crippen LogP contribution in [0.5, 0.6) is 0 Å². The van der Waals surface area contributed by atoms with E-state index >= 15 is 0 Å². The molecule has 3 aromatic heterocycles. The Balaban J connectivity index is 2.05. The lowest BCUT2D eigenvalue weighted by atomic mass is 9.93. The van der Waals surface area contributed by atoms with E-state index in [1.54, 1.807) is 0 Å². The Labute approximate surface area is 158 Å². The number of rotatable bonds is 0. The Morgan fingerprint density at radius 1 is 0.885 bits per heavy atom. The highest BCUT2D eigenvalue weighted by Gasteiger charge is 2.48. The van der Waals surface area contributed by atoms with Gasteiger partial charge in [-0.05, 0) is 58.7 Å². The average molecular weight is 362 g/mol. The van der Waals surface area contributed by atoms with E-state index in [-0.39, 0.29) is 5.54 Å². The van der Waals surface area contributed by atoms with Crippen LogP contribution in [0.1, 0.15) is 47.5 Å². The van der Waals surface area contributed by atoms with E-state index in [4.69, 9.17) is 0 Å². The van der Waals surface area contributed by atoms with Crippen LogP contribution >= 0.6 is 11.3 Å². The molecular weight excluding hydrogens is 336 g/mol. The average Bonchev–Trinajstić information content (AvgIpc) is 3.20. The predicted molar refractivity (Wildman–Crippen MR) is 111 cm³/mol. The number of nitrogens with zero attached hydrogens (tertiary/aromatic N) is 2. The number of fused-ring (bicyclic) bond motifs is 7. The van der Waals surface area contributed by atoms with Crippen LogP contribution in [0.15, 0.2) is 24.3 Å². The topological polar surface area (TPSA) is 8.29 Å². The van der Waals surface area contributed by atoms with Crippen LogP contribution < -0.4 is 4.57 Å². The van der Waals surface area contributed by atoms with Crippen LogP contribution in [0, 0.1) is 34.6 Å². The van der Waals surface area contributed by atoms with Crippen molar-refractivity contribution < 1.29 is 4.57 Å². The Kier molecular flexibility index (Phi) is 2.95. The van der Waals surface area contributed by atoms with E-state index < -0.39 is 0 Å². The van der Waals surface area contributed by atoms with Crippen molar-refractivity contribution in [3.8, 4) is 10.6 Å². The van der Waals surface area contributed by atoms with Crippen LogP contribution in [-0.4, -0.2) is 4.40 Å². The van der Waals surface area contributed by atoms with Gasteiger partial charge < -0.3 is 0 Å².